The number of carbonyl (C=O) groups excluding carboxylic acids is 1. The first-order valence-electron chi connectivity index (χ1n) is 10.0. The van der Waals surface area contributed by atoms with Crippen molar-refractivity contribution in [3.63, 3.8) is 0 Å². The van der Waals surface area contributed by atoms with Gasteiger partial charge in [-0.05, 0) is 80.4 Å². The van der Waals surface area contributed by atoms with E-state index in [2.05, 4.69) is 35.1 Å². The normalized spacial score (nSPS) is 15.8. The fourth-order valence-corrected chi connectivity index (χ4v) is 4.33. The molecular weight excluding hydrogens is 389 g/mol. The first kappa shape index (κ1) is 21.3. The van der Waals surface area contributed by atoms with E-state index in [9.17, 15) is 9.18 Å². The number of hydrogen-bond acceptors (Lipinski definition) is 2. The van der Waals surface area contributed by atoms with Gasteiger partial charge in [0.25, 0.3) is 5.91 Å². The topological polar surface area (TPSA) is 48.1 Å². The first-order valence-corrected chi connectivity index (χ1v) is 10.0. The Morgan fingerprint density at radius 2 is 1.90 bits per heavy atom. The molecule has 1 aliphatic carbocycles. The number of H-pyrrole nitrogens is 1. The summed E-state index contributed by atoms with van der Waals surface area (Å²) in [6.07, 6.45) is 3.27. The van der Waals surface area contributed by atoms with Gasteiger partial charge in [0.1, 0.15) is 5.82 Å². The Balaban J connectivity index is 0.00000240. The zero-order chi connectivity index (χ0) is 19.7. The molecule has 1 unspecified atom stereocenters. The smallest absolute Gasteiger partial charge is 0.255 e. The molecule has 2 aromatic carbocycles. The number of aromatic amines is 1. The van der Waals surface area contributed by atoms with Gasteiger partial charge in [-0.3, -0.25) is 4.79 Å². The summed E-state index contributed by atoms with van der Waals surface area (Å²) >= 11 is 0. The number of anilines is 1. The van der Waals surface area contributed by atoms with Crippen LogP contribution in [0.5, 0.6) is 0 Å². The van der Waals surface area contributed by atoms with Gasteiger partial charge in [0.05, 0.1) is 0 Å². The highest BCUT2D eigenvalue weighted by atomic mass is 35.5. The molecule has 0 spiro atoms. The number of carbonyl (C=O) groups is 1. The zero-order valence-electron chi connectivity index (χ0n) is 16.8. The molecule has 0 bridgehead atoms. The van der Waals surface area contributed by atoms with Gasteiger partial charge in [-0.15, -0.1) is 12.4 Å². The molecule has 0 saturated carbocycles. The van der Waals surface area contributed by atoms with Crippen LogP contribution in [0.4, 0.5) is 10.1 Å². The Morgan fingerprint density at radius 3 is 2.59 bits per heavy atom. The third-order valence-corrected chi connectivity index (χ3v) is 5.85. The number of nitrogens with zero attached hydrogens (tertiary/aromatic N) is 1. The molecular formula is C23H27ClFN3O. The Labute approximate surface area is 176 Å². The Bertz CT molecular complexity index is 995. The molecule has 2 N–H and O–H groups in total. The fraction of sp³-hybridized carbons (Fsp3) is 0.348. The molecule has 4 nitrogen and oxygen atoms in total. The van der Waals surface area contributed by atoms with Crippen LogP contribution in [0.3, 0.4) is 0 Å². The highest BCUT2D eigenvalue weighted by Crippen LogP contribution is 2.32. The number of likely N-dealkylation sites (N-methyl/N-ethyl adjacent to an activating group) is 1. The molecule has 1 amide bonds. The minimum Gasteiger partial charge on any atom is -0.358 e. The van der Waals surface area contributed by atoms with Gasteiger partial charge < -0.3 is 15.2 Å². The molecule has 4 rings (SSSR count). The molecule has 3 aromatic rings. The van der Waals surface area contributed by atoms with Crippen molar-refractivity contribution in [2.24, 2.45) is 0 Å². The maximum atomic E-state index is 13.1. The van der Waals surface area contributed by atoms with Gasteiger partial charge in [0.2, 0.25) is 0 Å². The average Bonchev–Trinajstić information content (AvgIpc) is 3.07. The second kappa shape index (κ2) is 8.97. The van der Waals surface area contributed by atoms with Crippen LogP contribution in [0.15, 0.2) is 42.5 Å². The van der Waals surface area contributed by atoms with E-state index in [1.54, 1.807) is 0 Å². The number of amides is 1. The van der Waals surface area contributed by atoms with Crippen LogP contribution in [0.1, 0.15) is 41.9 Å². The van der Waals surface area contributed by atoms with Crippen LogP contribution in [-0.2, 0) is 12.8 Å². The fourth-order valence-electron chi connectivity index (χ4n) is 4.33. The van der Waals surface area contributed by atoms with E-state index in [1.165, 1.54) is 47.3 Å². The summed E-state index contributed by atoms with van der Waals surface area (Å²) in [6, 6.07) is 12.2. The van der Waals surface area contributed by atoms with Gasteiger partial charge in [0, 0.05) is 33.9 Å². The number of rotatable bonds is 5. The predicted octanol–water partition coefficient (Wildman–Crippen LogP) is 5.18. The standard InChI is InChI=1S/C23H26FN3O.ClH/c1-3-27(4-2)18-10-12-22-20(14-18)19-13-17(9-11-21(19)26-22)25-23(28)15-5-7-16(24)8-6-15;/h5-9,11,13,18,26H,3-4,10,12,14H2,1-2H3,(H,25,28);1H. The van der Waals surface area contributed by atoms with Crippen molar-refractivity contribution in [2.75, 3.05) is 18.4 Å². The lowest BCUT2D eigenvalue weighted by Gasteiger charge is -2.32. The largest absolute Gasteiger partial charge is 0.358 e. The van der Waals surface area contributed by atoms with Crippen LogP contribution in [-0.4, -0.2) is 34.9 Å². The number of hydrogen-bond donors (Lipinski definition) is 2. The molecule has 1 aliphatic rings. The lowest BCUT2D eigenvalue weighted by molar-refractivity contribution is 0.102. The zero-order valence-corrected chi connectivity index (χ0v) is 17.6. The van der Waals surface area contributed by atoms with Crippen molar-refractivity contribution in [3.05, 3.63) is 65.1 Å². The monoisotopic (exact) mass is 415 g/mol. The second-order valence-corrected chi connectivity index (χ2v) is 7.42. The summed E-state index contributed by atoms with van der Waals surface area (Å²) in [5.74, 6) is -0.579. The van der Waals surface area contributed by atoms with Crippen LogP contribution in [0.2, 0.25) is 0 Å². The lowest BCUT2D eigenvalue weighted by Crippen LogP contribution is -2.38. The van der Waals surface area contributed by atoms with E-state index in [4.69, 9.17) is 0 Å². The number of aryl methyl sites for hydroxylation is 1. The molecule has 0 radical (unpaired) electrons. The van der Waals surface area contributed by atoms with Gasteiger partial charge in [-0.2, -0.15) is 0 Å². The molecule has 1 heterocycles. The highest BCUT2D eigenvalue weighted by molar-refractivity contribution is 6.05. The number of fused-ring (bicyclic) bond motifs is 3. The number of aromatic nitrogens is 1. The summed E-state index contributed by atoms with van der Waals surface area (Å²) in [5.41, 5.74) is 5.01. The molecule has 6 heteroatoms. The summed E-state index contributed by atoms with van der Waals surface area (Å²) in [6.45, 7) is 6.57. The van der Waals surface area contributed by atoms with Crippen LogP contribution in [0, 0.1) is 5.82 Å². The Kier molecular flexibility index (Phi) is 6.60. The summed E-state index contributed by atoms with van der Waals surface area (Å²) < 4.78 is 13.1. The van der Waals surface area contributed by atoms with Gasteiger partial charge in [-0.1, -0.05) is 13.8 Å². The van der Waals surface area contributed by atoms with Crippen LogP contribution in [0.25, 0.3) is 10.9 Å². The van der Waals surface area contributed by atoms with E-state index >= 15 is 0 Å². The van der Waals surface area contributed by atoms with Crippen LogP contribution >= 0.6 is 12.4 Å². The highest BCUT2D eigenvalue weighted by Gasteiger charge is 2.25. The van der Waals surface area contributed by atoms with E-state index in [0.29, 0.717) is 11.6 Å². The van der Waals surface area contributed by atoms with E-state index < -0.39 is 0 Å². The van der Waals surface area contributed by atoms with E-state index in [-0.39, 0.29) is 24.1 Å². The molecule has 0 fully saturated rings. The van der Waals surface area contributed by atoms with Gasteiger partial charge >= 0.3 is 0 Å². The van der Waals surface area contributed by atoms with Crippen molar-refractivity contribution in [1.82, 2.24) is 9.88 Å². The first-order chi connectivity index (χ1) is 13.6. The molecule has 1 atom stereocenters. The van der Waals surface area contributed by atoms with E-state index in [0.717, 1.165) is 37.1 Å². The SMILES string of the molecule is CCN(CC)C1CCc2[nH]c3ccc(NC(=O)c4ccc(F)cc4)cc3c2C1.Cl. The Morgan fingerprint density at radius 1 is 1.17 bits per heavy atom. The summed E-state index contributed by atoms with van der Waals surface area (Å²) in [4.78, 5) is 18.5. The average molecular weight is 416 g/mol. The maximum absolute atomic E-state index is 13.1. The van der Waals surface area contributed by atoms with Gasteiger partial charge in [0.15, 0.2) is 0 Å². The quantitative estimate of drug-likeness (QED) is 0.603. The van der Waals surface area contributed by atoms with Crippen LogP contribution < -0.4 is 5.32 Å². The Hall–Kier alpha value is -2.37. The van der Waals surface area contributed by atoms with Gasteiger partial charge in [-0.25, -0.2) is 4.39 Å². The molecule has 1 aromatic heterocycles. The third kappa shape index (κ3) is 4.31. The van der Waals surface area contributed by atoms with Crippen molar-refractivity contribution in [2.45, 2.75) is 39.2 Å². The molecule has 29 heavy (non-hydrogen) atoms. The van der Waals surface area contributed by atoms with Crippen molar-refractivity contribution in [3.8, 4) is 0 Å². The molecule has 0 aliphatic heterocycles. The maximum Gasteiger partial charge on any atom is 0.255 e. The minimum atomic E-state index is -0.348. The number of halogens is 2. The molecule has 0 saturated heterocycles. The van der Waals surface area contributed by atoms with Crippen molar-refractivity contribution in [1.29, 1.82) is 0 Å². The van der Waals surface area contributed by atoms with E-state index in [1.807, 2.05) is 12.1 Å². The number of benzene rings is 2. The lowest BCUT2D eigenvalue weighted by atomic mass is 9.90. The summed E-state index contributed by atoms with van der Waals surface area (Å²) in [7, 11) is 0. The minimum absolute atomic E-state index is 0. The van der Waals surface area contributed by atoms with Crippen molar-refractivity contribution < 1.29 is 9.18 Å². The second-order valence-electron chi connectivity index (χ2n) is 7.42. The number of nitrogens with one attached hydrogen (secondary N) is 2. The summed E-state index contributed by atoms with van der Waals surface area (Å²) in [5, 5.41) is 4.12. The third-order valence-electron chi connectivity index (χ3n) is 5.85. The van der Waals surface area contributed by atoms with Crippen molar-refractivity contribution >= 4 is 34.9 Å². The molecule has 154 valence electrons. The predicted molar refractivity (Wildman–Crippen MR) is 119 cm³/mol.